The lowest BCUT2D eigenvalue weighted by molar-refractivity contribution is 0.833. The molecule has 0 aromatic heterocycles. The second-order valence-electron chi connectivity index (χ2n) is 1.63. The van der Waals surface area contributed by atoms with E-state index in [2.05, 4.69) is 13.8 Å². The van der Waals surface area contributed by atoms with Crippen molar-refractivity contribution in [2.75, 3.05) is 0 Å². The van der Waals surface area contributed by atoms with E-state index in [-0.39, 0.29) is 0 Å². The highest BCUT2D eigenvalue weighted by atomic mass is 13.8. The van der Waals surface area contributed by atoms with Gasteiger partial charge in [0.1, 0.15) is 7.85 Å². The molecular formula is C5H9B. The topological polar surface area (TPSA) is 0 Å². The first kappa shape index (κ1) is 5.80. The van der Waals surface area contributed by atoms with Crippen LogP contribution in [-0.4, -0.2) is 7.85 Å². The largest absolute Gasteiger partial charge is 0.135 e. The third-order valence-electron chi connectivity index (χ3n) is 0.496. The smallest absolute Gasteiger partial charge is 0.102 e. The Morgan fingerprint density at radius 2 is 2.00 bits per heavy atom. The van der Waals surface area contributed by atoms with Crippen LogP contribution >= 0.6 is 0 Å². The molecule has 0 bridgehead atoms. The lowest BCUT2D eigenvalue weighted by atomic mass is 10.1. The van der Waals surface area contributed by atoms with Gasteiger partial charge in [-0.1, -0.05) is 19.9 Å². The molecule has 0 nitrogen and oxygen atoms in total. The van der Waals surface area contributed by atoms with Crippen molar-refractivity contribution >= 4 is 7.85 Å². The van der Waals surface area contributed by atoms with Crippen molar-refractivity contribution in [1.29, 1.82) is 0 Å². The van der Waals surface area contributed by atoms with Gasteiger partial charge in [0.05, 0.1) is 0 Å². The van der Waals surface area contributed by atoms with Crippen LogP contribution in [0.2, 0.25) is 0 Å². The molecule has 0 rings (SSSR count). The van der Waals surface area contributed by atoms with E-state index in [1.807, 2.05) is 6.08 Å². The van der Waals surface area contributed by atoms with Crippen LogP contribution in [0.3, 0.4) is 0 Å². The number of hydrogen-bond acceptors (Lipinski definition) is 0. The van der Waals surface area contributed by atoms with Gasteiger partial charge in [-0.05, 0) is 5.92 Å². The molecule has 0 saturated heterocycles. The van der Waals surface area contributed by atoms with Gasteiger partial charge >= 0.3 is 0 Å². The van der Waals surface area contributed by atoms with Crippen LogP contribution in [0.25, 0.3) is 0 Å². The highest BCUT2D eigenvalue weighted by Crippen LogP contribution is 1.89. The minimum Gasteiger partial charge on any atom is -0.135 e. The summed E-state index contributed by atoms with van der Waals surface area (Å²) in [6, 6.07) is 0. The zero-order valence-corrected chi connectivity index (χ0v) is 4.31. The van der Waals surface area contributed by atoms with Gasteiger partial charge in [0.2, 0.25) is 0 Å². The quantitative estimate of drug-likeness (QED) is 0.416. The van der Waals surface area contributed by atoms with Gasteiger partial charge in [-0.25, -0.2) is 0 Å². The lowest BCUT2D eigenvalue weighted by Crippen LogP contribution is -1.74. The van der Waals surface area contributed by atoms with E-state index >= 15 is 0 Å². The predicted octanol–water partition coefficient (Wildman–Crippen LogP) is 1.32. The predicted molar refractivity (Wildman–Crippen MR) is 29.7 cm³/mol. The Hall–Kier alpha value is -0.195. The van der Waals surface area contributed by atoms with Crippen LogP contribution in [-0.2, 0) is 0 Å². The minimum atomic E-state index is 0.593. The molecule has 0 aromatic carbocycles. The van der Waals surface area contributed by atoms with E-state index in [1.165, 1.54) is 0 Å². The maximum Gasteiger partial charge on any atom is 0.102 e. The van der Waals surface area contributed by atoms with Crippen molar-refractivity contribution in [2.24, 2.45) is 5.92 Å². The summed E-state index contributed by atoms with van der Waals surface area (Å²) in [5, 5.41) is 0. The molecule has 1 heteroatoms. The number of rotatable bonds is 1. The SMILES string of the molecule is [B]C=CC(C)C. The molecule has 0 aliphatic rings. The molecule has 0 N–H and O–H groups in total. The Morgan fingerprint density at radius 3 is 2.00 bits per heavy atom. The summed E-state index contributed by atoms with van der Waals surface area (Å²) in [6.45, 7) is 4.17. The maximum absolute atomic E-state index is 5.05. The molecule has 0 heterocycles. The summed E-state index contributed by atoms with van der Waals surface area (Å²) in [5.74, 6) is 2.17. The van der Waals surface area contributed by atoms with Gasteiger partial charge < -0.3 is 0 Å². The van der Waals surface area contributed by atoms with Gasteiger partial charge in [-0.15, -0.1) is 5.98 Å². The van der Waals surface area contributed by atoms with Crippen LogP contribution in [0.5, 0.6) is 0 Å². The Bertz CT molecular complexity index is 45.9. The Kier molecular flexibility index (Phi) is 2.92. The number of hydrogen-bond donors (Lipinski definition) is 0. The highest BCUT2D eigenvalue weighted by Gasteiger charge is 1.76. The van der Waals surface area contributed by atoms with E-state index < -0.39 is 0 Å². The highest BCUT2D eigenvalue weighted by molar-refractivity contribution is 6.16. The summed E-state index contributed by atoms with van der Waals surface area (Å²) in [5.41, 5.74) is 0. The molecule has 0 aliphatic carbocycles. The second kappa shape index (κ2) is 3.01. The fourth-order valence-corrected chi connectivity index (χ4v) is 0.222. The molecule has 2 radical (unpaired) electrons. The Labute approximate surface area is 40.7 Å². The maximum atomic E-state index is 5.05. The zero-order chi connectivity index (χ0) is 4.99. The van der Waals surface area contributed by atoms with E-state index in [0.29, 0.717) is 5.92 Å². The molecule has 0 atom stereocenters. The molecule has 0 unspecified atom stereocenters. The first-order valence-electron chi connectivity index (χ1n) is 2.15. The van der Waals surface area contributed by atoms with E-state index in [1.54, 1.807) is 5.98 Å². The third-order valence-corrected chi connectivity index (χ3v) is 0.496. The molecule has 0 spiro atoms. The van der Waals surface area contributed by atoms with E-state index in [9.17, 15) is 0 Å². The minimum absolute atomic E-state index is 0.593. The Morgan fingerprint density at radius 1 is 1.50 bits per heavy atom. The molecule has 6 heavy (non-hydrogen) atoms. The summed E-state index contributed by atoms with van der Waals surface area (Å²) in [4.78, 5) is 0. The van der Waals surface area contributed by atoms with Gasteiger partial charge in [0.25, 0.3) is 0 Å². The molecule has 32 valence electrons. The van der Waals surface area contributed by atoms with Crippen LogP contribution in [0.1, 0.15) is 13.8 Å². The van der Waals surface area contributed by atoms with Gasteiger partial charge in [0.15, 0.2) is 0 Å². The second-order valence-corrected chi connectivity index (χ2v) is 1.63. The van der Waals surface area contributed by atoms with Gasteiger partial charge in [-0.3, -0.25) is 0 Å². The van der Waals surface area contributed by atoms with Crippen molar-refractivity contribution in [2.45, 2.75) is 13.8 Å². The van der Waals surface area contributed by atoms with Crippen molar-refractivity contribution in [1.82, 2.24) is 0 Å². The molecular weight excluding hydrogens is 70.9 g/mol. The first-order valence-corrected chi connectivity index (χ1v) is 2.15. The van der Waals surface area contributed by atoms with Crippen molar-refractivity contribution in [3.63, 3.8) is 0 Å². The monoisotopic (exact) mass is 80.1 g/mol. The first-order chi connectivity index (χ1) is 2.77. The molecule has 0 aliphatic heterocycles. The molecule has 0 fully saturated rings. The third kappa shape index (κ3) is 3.80. The summed E-state index contributed by atoms with van der Waals surface area (Å²) >= 11 is 0. The standard InChI is InChI=1S/C5H9B/c1-5(2)3-4-6/h3-5H,1-2H3. The lowest BCUT2D eigenvalue weighted by Gasteiger charge is -1.87. The van der Waals surface area contributed by atoms with Gasteiger partial charge in [0, 0.05) is 0 Å². The fraction of sp³-hybridized carbons (Fsp3) is 0.600. The normalized spacial score (nSPS) is 11.2. The summed E-state index contributed by atoms with van der Waals surface area (Å²) < 4.78 is 0. The molecule has 0 saturated carbocycles. The summed E-state index contributed by atoms with van der Waals surface area (Å²) in [7, 11) is 5.05. The number of allylic oxidation sites excluding steroid dienone is 1. The van der Waals surface area contributed by atoms with Crippen molar-refractivity contribution < 1.29 is 0 Å². The van der Waals surface area contributed by atoms with E-state index in [0.717, 1.165) is 0 Å². The van der Waals surface area contributed by atoms with E-state index in [4.69, 9.17) is 7.85 Å². The van der Waals surface area contributed by atoms with Crippen molar-refractivity contribution in [3.05, 3.63) is 12.1 Å². The van der Waals surface area contributed by atoms with Crippen LogP contribution < -0.4 is 0 Å². The molecule has 0 amide bonds. The average molecular weight is 79.9 g/mol. The fourth-order valence-electron chi connectivity index (χ4n) is 0.222. The average Bonchev–Trinajstić information content (AvgIpc) is 1.35. The zero-order valence-electron chi connectivity index (χ0n) is 4.31. The Balaban J connectivity index is 3.03. The van der Waals surface area contributed by atoms with Gasteiger partial charge in [-0.2, -0.15) is 0 Å². The van der Waals surface area contributed by atoms with Crippen LogP contribution in [0.15, 0.2) is 12.1 Å². The van der Waals surface area contributed by atoms with Crippen LogP contribution in [0, 0.1) is 5.92 Å². The summed E-state index contributed by atoms with van der Waals surface area (Å²) in [6.07, 6.45) is 1.94. The molecule has 0 aromatic rings. The van der Waals surface area contributed by atoms with Crippen LogP contribution in [0.4, 0.5) is 0 Å². The van der Waals surface area contributed by atoms with Crippen molar-refractivity contribution in [3.8, 4) is 0 Å².